The van der Waals surface area contributed by atoms with Gasteiger partial charge in [0.1, 0.15) is 17.3 Å². The van der Waals surface area contributed by atoms with Crippen LogP contribution in [0.25, 0.3) is 10.2 Å². The summed E-state index contributed by atoms with van der Waals surface area (Å²) in [7, 11) is 0. The normalized spacial score (nSPS) is 11.9. The van der Waals surface area contributed by atoms with Gasteiger partial charge in [-0.2, -0.15) is 5.26 Å². The molecule has 0 spiro atoms. The Morgan fingerprint density at radius 3 is 2.71 bits per heavy atom. The second-order valence-electron chi connectivity index (χ2n) is 6.81. The number of fused-ring (bicyclic) bond motifs is 1. The van der Waals surface area contributed by atoms with Crippen molar-refractivity contribution in [2.45, 2.75) is 40.2 Å². The van der Waals surface area contributed by atoms with Crippen molar-refractivity contribution in [3.8, 4) is 6.07 Å². The minimum Gasteiger partial charge on any atom is -0.454 e. The molecule has 0 bridgehead atoms. The first-order valence-corrected chi connectivity index (χ1v) is 9.93. The second kappa shape index (κ2) is 8.36. The lowest BCUT2D eigenvalue weighted by Gasteiger charge is -2.08. The third-order valence-electron chi connectivity index (χ3n) is 4.75. The molecule has 3 aromatic rings. The summed E-state index contributed by atoms with van der Waals surface area (Å²) >= 11 is 1.49. The van der Waals surface area contributed by atoms with E-state index in [0.29, 0.717) is 33.1 Å². The Balaban J connectivity index is 1.80. The third kappa shape index (κ3) is 4.12. The predicted molar refractivity (Wildman–Crippen MR) is 108 cm³/mol. The van der Waals surface area contributed by atoms with E-state index in [9.17, 15) is 9.59 Å². The minimum absolute atomic E-state index is 0.123. The Hall–Kier alpha value is -2.98. The second-order valence-corrected chi connectivity index (χ2v) is 8.02. The number of hydrogen-bond donors (Lipinski definition) is 1. The molecule has 144 valence electrons. The number of hydrogen-bond acceptors (Lipinski definition) is 6. The Labute approximate surface area is 166 Å². The van der Waals surface area contributed by atoms with Gasteiger partial charge in [0.25, 0.3) is 5.56 Å². The van der Waals surface area contributed by atoms with Crippen LogP contribution in [-0.4, -0.2) is 15.9 Å². The van der Waals surface area contributed by atoms with Crippen LogP contribution in [0.2, 0.25) is 0 Å². The SMILES string of the molecule is CC[C@H](C)Cc1c(C)sc2nc(COC(=O)c3ccc(C#N)cc3)[nH]c(=O)c12. The molecular formula is C21H21N3O3S. The molecule has 0 amide bonds. The molecule has 1 N–H and O–H groups in total. The number of esters is 1. The van der Waals surface area contributed by atoms with E-state index >= 15 is 0 Å². The maximum Gasteiger partial charge on any atom is 0.338 e. The fourth-order valence-corrected chi connectivity index (χ4v) is 4.00. The maximum absolute atomic E-state index is 12.6. The Morgan fingerprint density at radius 1 is 1.36 bits per heavy atom. The largest absolute Gasteiger partial charge is 0.454 e. The number of nitrogens with zero attached hydrogens (tertiary/aromatic N) is 2. The Kier molecular flexibility index (Phi) is 5.90. The highest BCUT2D eigenvalue weighted by Crippen LogP contribution is 2.29. The lowest BCUT2D eigenvalue weighted by molar-refractivity contribution is 0.0462. The number of aromatic amines is 1. The summed E-state index contributed by atoms with van der Waals surface area (Å²) in [5, 5.41) is 9.45. The van der Waals surface area contributed by atoms with Crippen LogP contribution in [0.5, 0.6) is 0 Å². The molecule has 0 fully saturated rings. The van der Waals surface area contributed by atoms with Crippen LogP contribution in [0, 0.1) is 24.2 Å². The number of H-pyrrole nitrogens is 1. The van der Waals surface area contributed by atoms with E-state index in [0.717, 1.165) is 23.3 Å². The van der Waals surface area contributed by atoms with Crippen LogP contribution in [0.3, 0.4) is 0 Å². The van der Waals surface area contributed by atoms with Crippen molar-refractivity contribution < 1.29 is 9.53 Å². The van der Waals surface area contributed by atoms with Gasteiger partial charge in [-0.05, 0) is 49.1 Å². The van der Waals surface area contributed by atoms with Gasteiger partial charge in [0.15, 0.2) is 0 Å². The maximum atomic E-state index is 12.6. The molecular weight excluding hydrogens is 374 g/mol. The molecule has 0 radical (unpaired) electrons. The lowest BCUT2D eigenvalue weighted by Crippen LogP contribution is -2.15. The van der Waals surface area contributed by atoms with E-state index in [1.165, 1.54) is 23.5 Å². The van der Waals surface area contributed by atoms with Gasteiger partial charge in [0.2, 0.25) is 0 Å². The van der Waals surface area contributed by atoms with E-state index in [1.54, 1.807) is 12.1 Å². The van der Waals surface area contributed by atoms with Gasteiger partial charge in [-0.25, -0.2) is 9.78 Å². The minimum atomic E-state index is -0.535. The third-order valence-corrected chi connectivity index (χ3v) is 5.79. The molecule has 0 aliphatic carbocycles. The van der Waals surface area contributed by atoms with Gasteiger partial charge in [-0.3, -0.25) is 4.79 Å². The van der Waals surface area contributed by atoms with Crippen LogP contribution in [0.15, 0.2) is 29.1 Å². The number of nitriles is 1. The topological polar surface area (TPSA) is 95.8 Å². The first kappa shape index (κ1) is 19.8. The number of ether oxygens (including phenoxy) is 1. The monoisotopic (exact) mass is 395 g/mol. The van der Waals surface area contributed by atoms with Gasteiger partial charge >= 0.3 is 5.97 Å². The first-order valence-electron chi connectivity index (χ1n) is 9.11. The van der Waals surface area contributed by atoms with Crippen molar-refractivity contribution in [3.63, 3.8) is 0 Å². The van der Waals surface area contributed by atoms with Crippen LogP contribution in [0.4, 0.5) is 0 Å². The molecule has 0 unspecified atom stereocenters. The van der Waals surface area contributed by atoms with Crippen molar-refractivity contribution in [2.24, 2.45) is 5.92 Å². The van der Waals surface area contributed by atoms with Crippen molar-refractivity contribution in [2.75, 3.05) is 0 Å². The van der Waals surface area contributed by atoms with E-state index in [4.69, 9.17) is 10.00 Å². The summed E-state index contributed by atoms with van der Waals surface area (Å²) in [6.07, 6.45) is 1.89. The highest BCUT2D eigenvalue weighted by atomic mass is 32.1. The Bertz CT molecular complexity index is 1110. The molecule has 0 saturated heterocycles. The summed E-state index contributed by atoms with van der Waals surface area (Å²) in [6, 6.07) is 8.16. The zero-order valence-corrected chi connectivity index (χ0v) is 16.9. The van der Waals surface area contributed by atoms with Gasteiger partial charge in [-0.1, -0.05) is 20.3 Å². The quantitative estimate of drug-likeness (QED) is 0.634. The van der Waals surface area contributed by atoms with Crippen molar-refractivity contribution >= 4 is 27.5 Å². The molecule has 1 atom stereocenters. The van der Waals surface area contributed by atoms with E-state index < -0.39 is 5.97 Å². The number of aromatic nitrogens is 2. The van der Waals surface area contributed by atoms with Gasteiger partial charge in [0, 0.05) is 4.88 Å². The number of nitrogens with one attached hydrogen (secondary N) is 1. The summed E-state index contributed by atoms with van der Waals surface area (Å²) in [5.41, 5.74) is 1.67. The van der Waals surface area contributed by atoms with Gasteiger partial charge in [0.05, 0.1) is 22.6 Å². The molecule has 6 nitrogen and oxygen atoms in total. The average molecular weight is 395 g/mol. The summed E-state index contributed by atoms with van der Waals surface area (Å²) in [6.45, 7) is 6.19. The van der Waals surface area contributed by atoms with E-state index in [1.807, 2.05) is 13.0 Å². The molecule has 0 aliphatic rings. The molecule has 2 aromatic heterocycles. The predicted octanol–water partition coefficient (Wildman–Crippen LogP) is 4.11. The number of rotatable bonds is 6. The highest BCUT2D eigenvalue weighted by molar-refractivity contribution is 7.18. The fourth-order valence-electron chi connectivity index (χ4n) is 2.92. The summed E-state index contributed by atoms with van der Waals surface area (Å²) in [5.74, 6) is 0.270. The van der Waals surface area contributed by atoms with Crippen LogP contribution in [0.1, 0.15) is 52.5 Å². The number of carbonyl (C=O) groups excluding carboxylic acids is 1. The van der Waals surface area contributed by atoms with Crippen LogP contribution in [-0.2, 0) is 17.8 Å². The number of thiophene rings is 1. The van der Waals surface area contributed by atoms with E-state index in [2.05, 4.69) is 23.8 Å². The van der Waals surface area contributed by atoms with Crippen molar-refractivity contribution in [1.82, 2.24) is 9.97 Å². The average Bonchev–Trinajstić information content (AvgIpc) is 3.01. The molecule has 3 rings (SSSR count). The molecule has 7 heteroatoms. The highest BCUT2D eigenvalue weighted by Gasteiger charge is 2.17. The molecule has 2 heterocycles. The Morgan fingerprint density at radius 2 is 2.07 bits per heavy atom. The molecule has 0 aliphatic heterocycles. The van der Waals surface area contributed by atoms with Crippen LogP contribution >= 0.6 is 11.3 Å². The molecule has 28 heavy (non-hydrogen) atoms. The smallest absolute Gasteiger partial charge is 0.338 e. The summed E-state index contributed by atoms with van der Waals surface area (Å²) in [4.78, 5) is 33.8. The number of carbonyl (C=O) groups is 1. The zero-order valence-electron chi connectivity index (χ0n) is 16.0. The molecule has 1 aromatic carbocycles. The van der Waals surface area contributed by atoms with E-state index in [-0.39, 0.29) is 12.2 Å². The van der Waals surface area contributed by atoms with Gasteiger partial charge in [-0.15, -0.1) is 11.3 Å². The van der Waals surface area contributed by atoms with Crippen molar-refractivity contribution in [3.05, 3.63) is 62.0 Å². The first-order chi connectivity index (χ1) is 13.4. The number of benzene rings is 1. The number of aryl methyl sites for hydroxylation is 1. The molecule has 0 saturated carbocycles. The lowest BCUT2D eigenvalue weighted by atomic mass is 9.98. The summed E-state index contributed by atoms with van der Waals surface area (Å²) < 4.78 is 5.26. The zero-order chi connectivity index (χ0) is 20.3. The van der Waals surface area contributed by atoms with Crippen LogP contribution < -0.4 is 5.56 Å². The van der Waals surface area contributed by atoms with Gasteiger partial charge < -0.3 is 9.72 Å². The standard InChI is InChI=1S/C21H21N3O3S/c1-4-12(2)9-16-13(3)28-20-18(16)19(25)23-17(24-20)11-27-21(26)15-7-5-14(10-22)6-8-15/h5-8,12H,4,9,11H2,1-3H3,(H,23,24,25)/t12-/m0/s1. The fraction of sp³-hybridized carbons (Fsp3) is 0.333. The van der Waals surface area contributed by atoms with Crippen molar-refractivity contribution in [1.29, 1.82) is 5.26 Å².